The fourth-order valence-corrected chi connectivity index (χ4v) is 2.15. The Morgan fingerprint density at radius 3 is 2.81 bits per heavy atom. The number of pyridine rings is 1. The maximum atomic E-state index is 9.22. The first-order valence-electron chi connectivity index (χ1n) is 6.02. The van der Waals surface area contributed by atoms with Gasteiger partial charge in [0.15, 0.2) is 0 Å². The van der Waals surface area contributed by atoms with Crippen molar-refractivity contribution in [2.75, 3.05) is 0 Å². The number of hydrogen-bond donors (Lipinski definition) is 1. The van der Waals surface area contributed by atoms with Crippen molar-refractivity contribution in [3.63, 3.8) is 0 Å². The van der Waals surface area contributed by atoms with Crippen molar-refractivity contribution >= 4 is 0 Å². The summed E-state index contributed by atoms with van der Waals surface area (Å²) in [5, 5.41) is 9.22. The lowest BCUT2D eigenvalue weighted by molar-refractivity contribution is 0.149. The number of nitrogens with zero attached hydrogens (tertiary/aromatic N) is 1. The molecule has 1 aromatic heterocycles. The molecule has 88 valence electrons. The van der Waals surface area contributed by atoms with Crippen LogP contribution < -0.4 is 4.74 Å². The van der Waals surface area contributed by atoms with Crippen molar-refractivity contribution in [1.82, 2.24) is 4.98 Å². The van der Waals surface area contributed by atoms with Crippen LogP contribution in [0.25, 0.3) is 0 Å². The molecule has 0 radical (unpaired) electrons. The second kappa shape index (κ2) is 5.30. The van der Waals surface area contributed by atoms with E-state index in [-0.39, 0.29) is 6.61 Å². The monoisotopic (exact) mass is 221 g/mol. The van der Waals surface area contributed by atoms with Crippen molar-refractivity contribution in [2.24, 2.45) is 0 Å². The van der Waals surface area contributed by atoms with Crippen LogP contribution in [0, 0.1) is 6.92 Å². The fourth-order valence-electron chi connectivity index (χ4n) is 2.15. The molecular formula is C13H19NO2. The molecule has 0 atom stereocenters. The molecule has 2 rings (SSSR count). The van der Waals surface area contributed by atoms with E-state index in [9.17, 15) is 5.11 Å². The summed E-state index contributed by atoms with van der Waals surface area (Å²) in [6.07, 6.45) is 8.11. The van der Waals surface area contributed by atoms with Gasteiger partial charge in [-0.05, 0) is 32.6 Å². The van der Waals surface area contributed by atoms with Gasteiger partial charge in [-0.1, -0.05) is 6.42 Å². The number of aliphatic hydroxyl groups excluding tert-OH is 1. The highest BCUT2D eigenvalue weighted by Crippen LogP contribution is 2.26. The minimum Gasteiger partial charge on any atom is -0.490 e. The second-order valence-corrected chi connectivity index (χ2v) is 4.47. The Morgan fingerprint density at radius 2 is 2.12 bits per heavy atom. The predicted octanol–water partition coefficient (Wildman–Crippen LogP) is 2.59. The highest BCUT2D eigenvalue weighted by molar-refractivity contribution is 5.32. The molecule has 0 saturated heterocycles. The topological polar surface area (TPSA) is 42.4 Å². The Hall–Kier alpha value is -1.09. The van der Waals surface area contributed by atoms with Crippen LogP contribution in [-0.2, 0) is 6.61 Å². The third-order valence-electron chi connectivity index (χ3n) is 3.10. The van der Waals surface area contributed by atoms with Crippen LogP contribution in [-0.4, -0.2) is 16.2 Å². The molecule has 1 aliphatic rings. The van der Waals surface area contributed by atoms with Gasteiger partial charge >= 0.3 is 0 Å². The van der Waals surface area contributed by atoms with E-state index in [1.165, 1.54) is 19.3 Å². The molecule has 0 aliphatic heterocycles. The van der Waals surface area contributed by atoms with Crippen molar-refractivity contribution in [1.29, 1.82) is 0 Å². The lowest BCUT2D eigenvalue weighted by Gasteiger charge is -2.24. The van der Waals surface area contributed by atoms with Gasteiger partial charge in [0.1, 0.15) is 5.75 Å². The molecule has 1 aliphatic carbocycles. The Labute approximate surface area is 96.5 Å². The molecule has 0 bridgehead atoms. The Morgan fingerprint density at radius 1 is 1.38 bits per heavy atom. The summed E-state index contributed by atoms with van der Waals surface area (Å²) in [4.78, 5) is 4.16. The lowest BCUT2D eigenvalue weighted by Crippen LogP contribution is -2.20. The molecule has 1 heterocycles. The van der Waals surface area contributed by atoms with Gasteiger partial charge in [0.25, 0.3) is 0 Å². The average molecular weight is 221 g/mol. The SMILES string of the molecule is Cc1cc(OC2CCCCC2)c(CO)cn1. The number of aliphatic hydroxyl groups is 1. The minimum atomic E-state index is -0.00463. The van der Waals surface area contributed by atoms with Gasteiger partial charge in [-0.3, -0.25) is 4.98 Å². The third-order valence-corrected chi connectivity index (χ3v) is 3.10. The van der Waals surface area contributed by atoms with Gasteiger partial charge in [0.05, 0.1) is 12.7 Å². The van der Waals surface area contributed by atoms with E-state index in [1.54, 1.807) is 6.20 Å². The number of rotatable bonds is 3. The molecule has 16 heavy (non-hydrogen) atoms. The van der Waals surface area contributed by atoms with Crippen molar-refractivity contribution in [2.45, 2.75) is 51.7 Å². The number of ether oxygens (including phenoxy) is 1. The molecular weight excluding hydrogens is 202 g/mol. The van der Waals surface area contributed by atoms with E-state index >= 15 is 0 Å². The van der Waals surface area contributed by atoms with Gasteiger partial charge in [-0.15, -0.1) is 0 Å². The van der Waals surface area contributed by atoms with Crippen LogP contribution >= 0.6 is 0 Å². The van der Waals surface area contributed by atoms with Crippen molar-refractivity contribution in [3.05, 3.63) is 23.5 Å². The molecule has 3 heteroatoms. The second-order valence-electron chi connectivity index (χ2n) is 4.47. The number of hydrogen-bond acceptors (Lipinski definition) is 3. The Bertz CT molecular complexity index is 346. The third kappa shape index (κ3) is 2.73. The van der Waals surface area contributed by atoms with E-state index in [2.05, 4.69) is 4.98 Å². The number of aromatic nitrogens is 1. The van der Waals surface area contributed by atoms with Gasteiger partial charge in [0, 0.05) is 23.5 Å². The zero-order chi connectivity index (χ0) is 11.4. The van der Waals surface area contributed by atoms with E-state index < -0.39 is 0 Å². The Kier molecular flexibility index (Phi) is 3.78. The summed E-state index contributed by atoms with van der Waals surface area (Å²) in [5.41, 5.74) is 1.72. The maximum Gasteiger partial charge on any atom is 0.128 e. The zero-order valence-corrected chi connectivity index (χ0v) is 9.78. The van der Waals surface area contributed by atoms with Crippen LogP contribution in [0.1, 0.15) is 43.4 Å². The van der Waals surface area contributed by atoms with Crippen molar-refractivity contribution in [3.8, 4) is 5.75 Å². The molecule has 0 spiro atoms. The smallest absolute Gasteiger partial charge is 0.128 e. The maximum absolute atomic E-state index is 9.22. The van der Waals surface area contributed by atoms with Crippen LogP contribution in [0.2, 0.25) is 0 Å². The predicted molar refractivity (Wildman–Crippen MR) is 62.4 cm³/mol. The molecule has 1 fully saturated rings. The van der Waals surface area contributed by atoms with E-state index in [0.717, 1.165) is 29.8 Å². The summed E-state index contributed by atoms with van der Waals surface area (Å²) >= 11 is 0. The first kappa shape index (κ1) is 11.4. The summed E-state index contributed by atoms with van der Waals surface area (Å²) < 4.78 is 5.96. The first-order valence-corrected chi connectivity index (χ1v) is 6.02. The van der Waals surface area contributed by atoms with E-state index in [1.807, 2.05) is 13.0 Å². The van der Waals surface area contributed by atoms with Gasteiger partial charge in [0.2, 0.25) is 0 Å². The van der Waals surface area contributed by atoms with Crippen LogP contribution in [0.5, 0.6) is 5.75 Å². The van der Waals surface area contributed by atoms with Crippen LogP contribution in [0.15, 0.2) is 12.3 Å². The normalized spacial score (nSPS) is 17.4. The summed E-state index contributed by atoms with van der Waals surface area (Å²) in [5.74, 6) is 0.807. The lowest BCUT2D eigenvalue weighted by atomic mass is 9.98. The number of aryl methyl sites for hydroxylation is 1. The molecule has 0 aromatic carbocycles. The summed E-state index contributed by atoms with van der Waals surface area (Å²) in [6, 6.07) is 1.92. The quantitative estimate of drug-likeness (QED) is 0.853. The Balaban J connectivity index is 2.09. The van der Waals surface area contributed by atoms with E-state index in [0.29, 0.717) is 6.10 Å². The molecule has 0 unspecified atom stereocenters. The van der Waals surface area contributed by atoms with Crippen LogP contribution in [0.3, 0.4) is 0 Å². The van der Waals surface area contributed by atoms with Crippen LogP contribution in [0.4, 0.5) is 0 Å². The summed E-state index contributed by atoms with van der Waals surface area (Å²) in [7, 11) is 0. The standard InChI is InChI=1S/C13H19NO2/c1-10-7-13(11(9-15)8-14-10)16-12-5-3-2-4-6-12/h7-8,12,15H,2-6,9H2,1H3. The highest BCUT2D eigenvalue weighted by atomic mass is 16.5. The summed E-state index contributed by atoms with van der Waals surface area (Å²) in [6.45, 7) is 1.93. The highest BCUT2D eigenvalue weighted by Gasteiger charge is 2.16. The van der Waals surface area contributed by atoms with Crippen molar-refractivity contribution < 1.29 is 9.84 Å². The largest absolute Gasteiger partial charge is 0.490 e. The van der Waals surface area contributed by atoms with Gasteiger partial charge in [-0.25, -0.2) is 0 Å². The zero-order valence-electron chi connectivity index (χ0n) is 9.78. The van der Waals surface area contributed by atoms with Gasteiger partial charge < -0.3 is 9.84 Å². The molecule has 1 aromatic rings. The first-order chi connectivity index (χ1) is 7.79. The molecule has 0 amide bonds. The van der Waals surface area contributed by atoms with E-state index in [4.69, 9.17) is 4.74 Å². The molecule has 1 N–H and O–H groups in total. The molecule has 1 saturated carbocycles. The minimum absolute atomic E-state index is 0.00463. The molecule has 3 nitrogen and oxygen atoms in total. The van der Waals surface area contributed by atoms with Gasteiger partial charge in [-0.2, -0.15) is 0 Å². The average Bonchev–Trinajstić information content (AvgIpc) is 2.31. The fraction of sp³-hybridized carbons (Fsp3) is 0.615.